The highest BCUT2D eigenvalue weighted by Crippen LogP contribution is 2.30. The van der Waals surface area contributed by atoms with Crippen LogP contribution in [0.25, 0.3) is 16.5 Å². The number of piperazine rings is 1. The molecule has 0 unspecified atom stereocenters. The van der Waals surface area contributed by atoms with Gasteiger partial charge >= 0.3 is 0 Å². The zero-order valence-electron chi connectivity index (χ0n) is 24.6. The van der Waals surface area contributed by atoms with Crippen molar-refractivity contribution in [3.8, 4) is 5.69 Å². The zero-order valence-corrected chi connectivity index (χ0v) is 25.4. The van der Waals surface area contributed by atoms with Gasteiger partial charge in [0.05, 0.1) is 12.4 Å². The van der Waals surface area contributed by atoms with Crippen LogP contribution >= 0.6 is 11.8 Å². The Kier molecular flexibility index (Phi) is 9.34. The highest BCUT2D eigenvalue weighted by molar-refractivity contribution is 7.99. The van der Waals surface area contributed by atoms with Gasteiger partial charge in [-0.05, 0) is 42.5 Å². The van der Waals surface area contributed by atoms with Crippen molar-refractivity contribution in [3.05, 3.63) is 83.7 Å². The van der Waals surface area contributed by atoms with E-state index in [-0.39, 0.29) is 30.1 Å². The molecule has 4 aromatic rings. The van der Waals surface area contributed by atoms with Crippen molar-refractivity contribution in [1.29, 1.82) is 0 Å². The quantitative estimate of drug-likeness (QED) is 0.147. The van der Waals surface area contributed by atoms with Crippen LogP contribution in [0.4, 0.5) is 0 Å². The van der Waals surface area contributed by atoms with E-state index in [1.165, 1.54) is 16.7 Å². The van der Waals surface area contributed by atoms with Crippen LogP contribution in [0.15, 0.2) is 71.9 Å². The molecule has 44 heavy (non-hydrogen) atoms. The molecule has 3 aromatic carbocycles. The van der Waals surface area contributed by atoms with E-state index in [0.29, 0.717) is 55.3 Å². The smallest absolute Gasteiger partial charge is 0.261 e. The molecule has 10 nitrogen and oxygen atoms in total. The van der Waals surface area contributed by atoms with E-state index in [9.17, 15) is 14.4 Å². The first-order valence-corrected chi connectivity index (χ1v) is 16.1. The van der Waals surface area contributed by atoms with Crippen molar-refractivity contribution in [3.63, 3.8) is 0 Å². The topological polar surface area (TPSA) is 112 Å². The Hall–Kier alpha value is -4.06. The fourth-order valence-electron chi connectivity index (χ4n) is 5.99. The Labute approximate surface area is 260 Å². The van der Waals surface area contributed by atoms with Gasteiger partial charge in [0.1, 0.15) is 5.82 Å². The number of nitrogens with zero attached hydrogens (tertiary/aromatic N) is 6. The van der Waals surface area contributed by atoms with Gasteiger partial charge in [-0.3, -0.25) is 28.8 Å². The Morgan fingerprint density at radius 1 is 0.795 bits per heavy atom. The Balaban J connectivity index is 1.05. The molecule has 0 radical (unpaired) electrons. The van der Waals surface area contributed by atoms with Gasteiger partial charge in [-0.1, -0.05) is 60.6 Å². The summed E-state index contributed by atoms with van der Waals surface area (Å²) in [4.78, 5) is 44.8. The fourth-order valence-corrected chi connectivity index (χ4v) is 6.86. The van der Waals surface area contributed by atoms with Crippen LogP contribution in [0.1, 0.15) is 45.8 Å². The molecule has 11 heteroatoms. The normalized spacial score (nSPS) is 15.4. The third-order valence-electron chi connectivity index (χ3n) is 8.32. The standard InChI is InChI=1S/C33H36N6O4S/c40-22-21-36-17-19-37(20-18-36)29(41)23-44-33-35-34-28(39(33)25-11-3-1-4-12-25)15-5-2-6-16-38-31(42)26-13-7-9-24-10-8-14-27(30(24)26)32(38)43/h1,3-4,7-14,40H,2,5-6,15-23H2. The number of benzene rings is 3. The van der Waals surface area contributed by atoms with Gasteiger partial charge in [0.25, 0.3) is 11.8 Å². The first kappa shape index (κ1) is 30.0. The number of thioether (sulfide) groups is 1. The number of hydrogen-bond acceptors (Lipinski definition) is 8. The van der Waals surface area contributed by atoms with Crippen molar-refractivity contribution in [1.82, 2.24) is 29.5 Å². The van der Waals surface area contributed by atoms with Gasteiger partial charge in [-0.2, -0.15) is 0 Å². The summed E-state index contributed by atoms with van der Waals surface area (Å²) in [5.41, 5.74) is 2.11. The van der Waals surface area contributed by atoms with Crippen LogP contribution in [-0.2, 0) is 11.2 Å². The number of aryl methyl sites for hydroxylation is 1. The maximum Gasteiger partial charge on any atom is 0.261 e. The van der Waals surface area contributed by atoms with Crippen molar-refractivity contribution in [2.45, 2.75) is 30.8 Å². The van der Waals surface area contributed by atoms with Gasteiger partial charge < -0.3 is 10.0 Å². The van der Waals surface area contributed by atoms with E-state index in [1.54, 1.807) is 12.1 Å². The van der Waals surface area contributed by atoms with Crippen LogP contribution in [0, 0.1) is 0 Å². The number of rotatable bonds is 12. The molecule has 0 saturated carbocycles. The molecule has 6 rings (SSSR count). The van der Waals surface area contributed by atoms with Gasteiger partial charge in [0.2, 0.25) is 5.91 Å². The number of aliphatic hydroxyl groups is 1. The summed E-state index contributed by atoms with van der Waals surface area (Å²) >= 11 is 1.39. The monoisotopic (exact) mass is 612 g/mol. The number of β-amino-alcohol motifs (C(OH)–C–C–N with tert-alkyl or cyclic N) is 1. The number of carbonyl (C=O) groups is 3. The second-order valence-corrected chi connectivity index (χ2v) is 12.0. The number of aromatic nitrogens is 3. The molecular formula is C33H36N6O4S. The zero-order chi connectivity index (χ0) is 30.5. The number of carbonyl (C=O) groups excluding carboxylic acids is 3. The number of aliphatic hydroxyl groups excluding tert-OH is 1. The lowest BCUT2D eigenvalue weighted by atomic mass is 9.94. The van der Waals surface area contributed by atoms with Crippen molar-refractivity contribution >= 4 is 40.3 Å². The molecule has 3 amide bonds. The molecule has 1 aromatic heterocycles. The first-order valence-electron chi connectivity index (χ1n) is 15.2. The maximum atomic E-state index is 13.2. The summed E-state index contributed by atoms with van der Waals surface area (Å²) in [7, 11) is 0. The molecule has 1 saturated heterocycles. The second kappa shape index (κ2) is 13.7. The summed E-state index contributed by atoms with van der Waals surface area (Å²) in [5, 5.41) is 20.4. The Morgan fingerprint density at radius 2 is 1.50 bits per heavy atom. The molecule has 0 aliphatic carbocycles. The summed E-state index contributed by atoms with van der Waals surface area (Å²) in [6, 6.07) is 21.1. The average molecular weight is 613 g/mol. The third-order valence-corrected chi connectivity index (χ3v) is 9.23. The van der Waals surface area contributed by atoms with E-state index < -0.39 is 0 Å². The Morgan fingerprint density at radius 3 is 2.18 bits per heavy atom. The largest absolute Gasteiger partial charge is 0.395 e. The van der Waals surface area contributed by atoms with E-state index in [0.717, 1.165) is 48.2 Å². The molecule has 228 valence electrons. The minimum Gasteiger partial charge on any atom is -0.395 e. The fraction of sp³-hybridized carbons (Fsp3) is 0.364. The minimum atomic E-state index is -0.230. The van der Waals surface area contributed by atoms with Crippen molar-refractivity contribution in [2.75, 3.05) is 51.6 Å². The molecule has 1 fully saturated rings. The molecule has 0 bridgehead atoms. The van der Waals surface area contributed by atoms with Gasteiger partial charge in [-0.15, -0.1) is 10.2 Å². The number of amides is 3. The van der Waals surface area contributed by atoms with Gasteiger partial charge in [-0.25, -0.2) is 0 Å². The number of imide groups is 1. The third kappa shape index (κ3) is 6.26. The number of unbranched alkanes of at least 4 members (excludes halogenated alkanes) is 2. The summed E-state index contributed by atoms with van der Waals surface area (Å²) in [6.07, 6.45) is 2.99. The van der Waals surface area contributed by atoms with E-state index >= 15 is 0 Å². The lowest BCUT2D eigenvalue weighted by molar-refractivity contribution is -0.130. The molecule has 1 N–H and O–H groups in total. The summed E-state index contributed by atoms with van der Waals surface area (Å²) in [5.74, 6) is 0.704. The molecule has 3 heterocycles. The summed E-state index contributed by atoms with van der Waals surface area (Å²) in [6.45, 7) is 3.99. The number of hydrogen-bond donors (Lipinski definition) is 1. The predicted molar refractivity (Wildman–Crippen MR) is 169 cm³/mol. The maximum absolute atomic E-state index is 13.2. The first-order chi connectivity index (χ1) is 21.5. The van der Waals surface area contributed by atoms with E-state index in [2.05, 4.69) is 15.1 Å². The van der Waals surface area contributed by atoms with Gasteiger partial charge in [0, 0.05) is 67.9 Å². The predicted octanol–water partition coefficient (Wildman–Crippen LogP) is 3.66. The number of para-hydroxylation sites is 1. The van der Waals surface area contributed by atoms with Crippen LogP contribution in [-0.4, -0.2) is 104 Å². The second-order valence-electron chi connectivity index (χ2n) is 11.1. The highest BCUT2D eigenvalue weighted by atomic mass is 32.2. The van der Waals surface area contributed by atoms with Crippen molar-refractivity contribution < 1.29 is 19.5 Å². The summed E-state index contributed by atoms with van der Waals surface area (Å²) < 4.78 is 2.02. The lowest BCUT2D eigenvalue weighted by Gasteiger charge is -2.34. The van der Waals surface area contributed by atoms with Gasteiger partial charge in [0.15, 0.2) is 5.16 Å². The molecule has 0 atom stereocenters. The van der Waals surface area contributed by atoms with Crippen LogP contribution in [0.5, 0.6) is 0 Å². The average Bonchev–Trinajstić information content (AvgIpc) is 3.47. The van der Waals surface area contributed by atoms with E-state index in [4.69, 9.17) is 5.11 Å². The van der Waals surface area contributed by atoms with Crippen LogP contribution in [0.3, 0.4) is 0 Å². The molecule has 2 aliphatic rings. The Bertz CT molecular complexity index is 1600. The van der Waals surface area contributed by atoms with E-state index in [1.807, 2.05) is 64.1 Å². The minimum absolute atomic E-state index is 0.0727. The van der Waals surface area contributed by atoms with Crippen LogP contribution < -0.4 is 0 Å². The molecule has 2 aliphatic heterocycles. The van der Waals surface area contributed by atoms with Crippen molar-refractivity contribution in [2.24, 2.45) is 0 Å². The lowest BCUT2D eigenvalue weighted by Crippen LogP contribution is -2.49. The molecule has 0 spiro atoms. The SMILES string of the molecule is O=C(CSc1nnc(CCCCCN2C(=O)c3cccc4cccc(c34)C2=O)n1-c1ccccc1)N1CCN(CCO)CC1. The highest BCUT2D eigenvalue weighted by Gasteiger charge is 2.32. The molecular weight excluding hydrogens is 576 g/mol. The van der Waals surface area contributed by atoms with Crippen LogP contribution in [0.2, 0.25) is 0 Å².